The highest BCUT2D eigenvalue weighted by atomic mass is 35.5. The maximum absolute atomic E-state index is 11.7. The van der Waals surface area contributed by atoms with Crippen LogP contribution in [0.25, 0.3) is 0 Å². The SMILES string of the molecule is CC.CCOc1ccc(CN2CCC(CNC(=O)OC(C)(C)C)C2)cc1Cl. The highest BCUT2D eigenvalue weighted by molar-refractivity contribution is 6.32. The number of amides is 1. The lowest BCUT2D eigenvalue weighted by Gasteiger charge is -2.21. The molecule has 1 aromatic rings. The molecule has 1 unspecified atom stereocenters. The molecule has 1 N–H and O–H groups in total. The molecule has 0 saturated carbocycles. The number of likely N-dealkylation sites (tertiary alicyclic amines) is 1. The summed E-state index contributed by atoms with van der Waals surface area (Å²) < 4.78 is 10.7. The largest absolute Gasteiger partial charge is 0.492 e. The van der Waals surface area contributed by atoms with Crippen molar-refractivity contribution in [2.45, 2.75) is 60.1 Å². The average molecular weight is 399 g/mol. The quantitative estimate of drug-likeness (QED) is 0.723. The summed E-state index contributed by atoms with van der Waals surface area (Å²) >= 11 is 6.25. The fourth-order valence-electron chi connectivity index (χ4n) is 2.94. The number of hydrogen-bond acceptors (Lipinski definition) is 4. The van der Waals surface area contributed by atoms with Gasteiger partial charge >= 0.3 is 6.09 Å². The number of benzene rings is 1. The van der Waals surface area contributed by atoms with E-state index in [-0.39, 0.29) is 6.09 Å². The Hall–Kier alpha value is -1.46. The van der Waals surface area contributed by atoms with E-state index < -0.39 is 5.60 Å². The lowest BCUT2D eigenvalue weighted by atomic mass is 10.1. The van der Waals surface area contributed by atoms with Crippen molar-refractivity contribution in [2.75, 3.05) is 26.2 Å². The van der Waals surface area contributed by atoms with Crippen molar-refractivity contribution in [2.24, 2.45) is 5.92 Å². The average Bonchev–Trinajstić information content (AvgIpc) is 3.03. The van der Waals surface area contributed by atoms with Crippen molar-refractivity contribution in [3.05, 3.63) is 28.8 Å². The molecule has 5 nitrogen and oxygen atoms in total. The van der Waals surface area contributed by atoms with E-state index in [9.17, 15) is 4.79 Å². The van der Waals surface area contributed by atoms with Crippen LogP contribution in [0, 0.1) is 5.92 Å². The third-order valence-electron chi connectivity index (χ3n) is 4.01. The van der Waals surface area contributed by atoms with Gasteiger partial charge in [-0.05, 0) is 64.3 Å². The van der Waals surface area contributed by atoms with Gasteiger partial charge in [0.1, 0.15) is 11.4 Å². The van der Waals surface area contributed by atoms with Gasteiger partial charge in [-0.3, -0.25) is 4.90 Å². The number of halogens is 1. The zero-order valence-electron chi connectivity index (χ0n) is 17.6. The monoisotopic (exact) mass is 398 g/mol. The summed E-state index contributed by atoms with van der Waals surface area (Å²) in [7, 11) is 0. The van der Waals surface area contributed by atoms with E-state index in [1.54, 1.807) is 0 Å². The van der Waals surface area contributed by atoms with Gasteiger partial charge in [-0.2, -0.15) is 0 Å². The van der Waals surface area contributed by atoms with Crippen LogP contribution in [0.1, 0.15) is 53.5 Å². The van der Waals surface area contributed by atoms with Crippen molar-refractivity contribution < 1.29 is 14.3 Å². The molecular formula is C21H35ClN2O3. The fourth-order valence-corrected chi connectivity index (χ4v) is 3.20. The van der Waals surface area contributed by atoms with Gasteiger partial charge in [0, 0.05) is 19.6 Å². The summed E-state index contributed by atoms with van der Waals surface area (Å²) in [5.74, 6) is 1.18. The van der Waals surface area contributed by atoms with Gasteiger partial charge in [0.25, 0.3) is 0 Å². The normalized spacial score (nSPS) is 17.1. The van der Waals surface area contributed by atoms with Crippen LogP contribution < -0.4 is 10.1 Å². The van der Waals surface area contributed by atoms with Gasteiger partial charge in [-0.15, -0.1) is 0 Å². The number of carbonyl (C=O) groups is 1. The molecule has 0 spiro atoms. The Morgan fingerprint density at radius 3 is 2.63 bits per heavy atom. The number of ether oxygens (including phenoxy) is 2. The number of nitrogens with zero attached hydrogens (tertiary/aromatic N) is 1. The van der Waals surface area contributed by atoms with Crippen LogP contribution in [-0.4, -0.2) is 42.8 Å². The Labute approximate surface area is 169 Å². The van der Waals surface area contributed by atoms with Crippen LogP contribution >= 0.6 is 11.6 Å². The number of hydrogen-bond donors (Lipinski definition) is 1. The van der Waals surface area contributed by atoms with Crippen molar-refractivity contribution in [3.8, 4) is 5.75 Å². The van der Waals surface area contributed by atoms with E-state index in [0.29, 0.717) is 24.1 Å². The molecule has 1 aliphatic heterocycles. The summed E-state index contributed by atoms with van der Waals surface area (Å²) in [6, 6.07) is 5.96. The minimum Gasteiger partial charge on any atom is -0.492 e. The van der Waals surface area contributed by atoms with E-state index in [0.717, 1.165) is 31.8 Å². The highest BCUT2D eigenvalue weighted by Crippen LogP contribution is 2.27. The zero-order chi connectivity index (χ0) is 20.4. The number of carbonyl (C=O) groups excluding carboxylic acids is 1. The molecule has 1 saturated heterocycles. The van der Waals surface area contributed by atoms with Crippen LogP contribution in [0.4, 0.5) is 4.79 Å². The molecule has 1 aromatic carbocycles. The molecule has 0 aromatic heterocycles. The summed E-state index contributed by atoms with van der Waals surface area (Å²) in [4.78, 5) is 14.1. The Kier molecular flexibility index (Phi) is 9.95. The first kappa shape index (κ1) is 23.6. The van der Waals surface area contributed by atoms with E-state index in [1.165, 1.54) is 5.56 Å². The second-order valence-electron chi connectivity index (χ2n) is 7.47. The van der Waals surface area contributed by atoms with Gasteiger partial charge in [0.2, 0.25) is 0 Å². The first-order chi connectivity index (χ1) is 12.8. The van der Waals surface area contributed by atoms with Crippen LogP contribution in [0.15, 0.2) is 18.2 Å². The molecule has 0 radical (unpaired) electrons. The molecular weight excluding hydrogens is 364 g/mol. The minimum absolute atomic E-state index is 0.343. The van der Waals surface area contributed by atoms with Crippen molar-refractivity contribution in [3.63, 3.8) is 0 Å². The number of rotatable bonds is 6. The van der Waals surface area contributed by atoms with Crippen LogP contribution in [0.3, 0.4) is 0 Å². The number of alkyl carbamates (subject to hydrolysis) is 1. The highest BCUT2D eigenvalue weighted by Gasteiger charge is 2.24. The van der Waals surface area contributed by atoms with Gasteiger partial charge in [-0.25, -0.2) is 4.79 Å². The molecule has 0 aliphatic carbocycles. The van der Waals surface area contributed by atoms with Crippen molar-refractivity contribution >= 4 is 17.7 Å². The first-order valence-corrected chi connectivity index (χ1v) is 10.2. The molecule has 1 heterocycles. The van der Waals surface area contributed by atoms with Crippen LogP contribution in [0.5, 0.6) is 5.75 Å². The molecule has 2 rings (SSSR count). The summed E-state index contributed by atoms with van der Waals surface area (Å²) in [5, 5.41) is 3.53. The predicted molar refractivity (Wildman–Crippen MR) is 112 cm³/mol. The molecule has 1 amide bonds. The lowest BCUT2D eigenvalue weighted by Crippen LogP contribution is -2.35. The third kappa shape index (κ3) is 8.85. The van der Waals surface area contributed by atoms with E-state index in [1.807, 2.05) is 53.7 Å². The van der Waals surface area contributed by atoms with Crippen molar-refractivity contribution in [1.29, 1.82) is 0 Å². The molecule has 6 heteroatoms. The molecule has 27 heavy (non-hydrogen) atoms. The maximum atomic E-state index is 11.7. The smallest absolute Gasteiger partial charge is 0.407 e. The maximum Gasteiger partial charge on any atom is 0.407 e. The second-order valence-corrected chi connectivity index (χ2v) is 7.88. The first-order valence-electron chi connectivity index (χ1n) is 9.87. The predicted octanol–water partition coefficient (Wildman–Crippen LogP) is 5.11. The third-order valence-corrected chi connectivity index (χ3v) is 4.30. The number of nitrogens with one attached hydrogen (secondary N) is 1. The summed E-state index contributed by atoms with van der Waals surface area (Å²) in [6.45, 7) is 15.6. The standard InChI is InChI=1S/C19H29ClN2O3.C2H6/c1-5-24-17-7-6-14(10-16(17)20)12-22-9-8-15(13-22)11-21-18(23)25-19(2,3)4;1-2/h6-7,10,15H,5,8-9,11-13H2,1-4H3,(H,21,23);1-2H3. The van der Waals surface area contributed by atoms with Gasteiger partial charge < -0.3 is 14.8 Å². The molecule has 1 aliphatic rings. The Morgan fingerprint density at radius 1 is 1.33 bits per heavy atom. The van der Waals surface area contributed by atoms with Crippen LogP contribution in [-0.2, 0) is 11.3 Å². The second kappa shape index (κ2) is 11.4. The summed E-state index contributed by atoms with van der Waals surface area (Å²) in [6.07, 6.45) is 0.727. The molecule has 154 valence electrons. The van der Waals surface area contributed by atoms with Gasteiger partial charge in [-0.1, -0.05) is 31.5 Å². The summed E-state index contributed by atoms with van der Waals surface area (Å²) in [5.41, 5.74) is 0.716. The van der Waals surface area contributed by atoms with Gasteiger partial charge in [0.05, 0.1) is 11.6 Å². The molecule has 1 fully saturated rings. The van der Waals surface area contributed by atoms with Crippen LogP contribution in [0.2, 0.25) is 5.02 Å². The topological polar surface area (TPSA) is 50.8 Å². The van der Waals surface area contributed by atoms with E-state index in [4.69, 9.17) is 21.1 Å². The Bertz CT molecular complexity index is 587. The zero-order valence-corrected chi connectivity index (χ0v) is 18.4. The van der Waals surface area contributed by atoms with E-state index in [2.05, 4.69) is 16.3 Å². The molecule has 1 atom stereocenters. The molecule has 0 bridgehead atoms. The Balaban J connectivity index is 0.00000176. The van der Waals surface area contributed by atoms with Gasteiger partial charge in [0.15, 0.2) is 0 Å². The Morgan fingerprint density at radius 2 is 2.04 bits per heavy atom. The minimum atomic E-state index is -0.460. The van der Waals surface area contributed by atoms with E-state index >= 15 is 0 Å². The lowest BCUT2D eigenvalue weighted by molar-refractivity contribution is 0.0519. The van der Waals surface area contributed by atoms with Crippen molar-refractivity contribution in [1.82, 2.24) is 10.2 Å². The fraction of sp³-hybridized carbons (Fsp3) is 0.667.